The lowest BCUT2D eigenvalue weighted by atomic mass is 10.2. The van der Waals surface area contributed by atoms with Gasteiger partial charge in [-0.1, -0.05) is 0 Å². The Kier molecular flexibility index (Phi) is 1.11. The van der Waals surface area contributed by atoms with Crippen molar-refractivity contribution in [1.29, 1.82) is 5.41 Å². The van der Waals surface area contributed by atoms with Gasteiger partial charge in [0, 0.05) is 12.3 Å². The van der Waals surface area contributed by atoms with Gasteiger partial charge < -0.3 is 11.1 Å². The molecule has 0 saturated heterocycles. The number of hydrogen-bond donors (Lipinski definition) is 2. The number of hydrogen-bond acceptors (Lipinski definition) is 2. The van der Waals surface area contributed by atoms with Crippen LogP contribution in [-0.4, -0.2) is 12.3 Å². The monoisotopic (exact) mass is 98.1 g/mol. The summed E-state index contributed by atoms with van der Waals surface area (Å²) in [5.74, 6) is 0.574. The fraction of sp³-hybridized carbons (Fsp3) is 0.800. The van der Waals surface area contributed by atoms with Crippen LogP contribution in [0.25, 0.3) is 0 Å². The van der Waals surface area contributed by atoms with Gasteiger partial charge in [0.15, 0.2) is 0 Å². The maximum atomic E-state index is 7.13. The molecule has 1 aliphatic rings. The summed E-state index contributed by atoms with van der Waals surface area (Å²) in [5.41, 5.74) is 5.92. The normalized spacial score (nSPS) is 19.6. The molecule has 7 heavy (non-hydrogen) atoms. The first-order chi connectivity index (χ1) is 3.34. The molecule has 0 aromatic heterocycles. The van der Waals surface area contributed by atoms with Gasteiger partial charge in [-0.15, -0.1) is 0 Å². The van der Waals surface area contributed by atoms with E-state index in [0.717, 1.165) is 5.71 Å². The Hall–Kier alpha value is -0.370. The maximum Gasteiger partial charge on any atom is 0.0310 e. The van der Waals surface area contributed by atoms with E-state index in [1.807, 2.05) is 0 Å². The molecule has 3 N–H and O–H groups in total. The average molecular weight is 98.1 g/mol. The van der Waals surface area contributed by atoms with Crippen LogP contribution in [0.2, 0.25) is 0 Å². The maximum absolute atomic E-state index is 7.13. The summed E-state index contributed by atoms with van der Waals surface area (Å²) in [5, 5.41) is 7.13. The largest absolute Gasteiger partial charge is 0.326 e. The minimum Gasteiger partial charge on any atom is -0.326 e. The standard InChI is InChI=1S/C5H10N2/c6-3-5(7)4-1-2-4/h4,7H,1-3,6H2. The molecule has 0 atom stereocenters. The van der Waals surface area contributed by atoms with E-state index in [-0.39, 0.29) is 0 Å². The predicted octanol–water partition coefficient (Wildman–Crippen LogP) is 0.375. The van der Waals surface area contributed by atoms with Crippen molar-refractivity contribution in [1.82, 2.24) is 0 Å². The molecular formula is C5H10N2. The van der Waals surface area contributed by atoms with Crippen molar-refractivity contribution in [3.05, 3.63) is 0 Å². The molecule has 0 bridgehead atoms. The van der Waals surface area contributed by atoms with E-state index >= 15 is 0 Å². The van der Waals surface area contributed by atoms with Gasteiger partial charge in [0.25, 0.3) is 0 Å². The molecule has 0 amide bonds. The summed E-state index contributed by atoms with van der Waals surface area (Å²) < 4.78 is 0. The Morgan fingerprint density at radius 1 is 1.71 bits per heavy atom. The Bertz CT molecular complexity index is 84.1. The van der Waals surface area contributed by atoms with Gasteiger partial charge in [-0.3, -0.25) is 0 Å². The third-order valence-corrected chi connectivity index (χ3v) is 1.29. The molecule has 1 fully saturated rings. The lowest BCUT2D eigenvalue weighted by Gasteiger charge is -1.90. The van der Waals surface area contributed by atoms with Crippen LogP contribution in [0.3, 0.4) is 0 Å². The van der Waals surface area contributed by atoms with E-state index in [1.165, 1.54) is 12.8 Å². The Balaban J connectivity index is 2.24. The highest BCUT2D eigenvalue weighted by atomic mass is 14.6. The quantitative estimate of drug-likeness (QED) is 0.482. The van der Waals surface area contributed by atoms with Gasteiger partial charge in [-0.2, -0.15) is 0 Å². The molecular weight excluding hydrogens is 88.1 g/mol. The van der Waals surface area contributed by atoms with Crippen LogP contribution in [-0.2, 0) is 0 Å². The third kappa shape index (κ3) is 0.996. The van der Waals surface area contributed by atoms with E-state index in [2.05, 4.69) is 0 Å². The van der Waals surface area contributed by atoms with E-state index in [9.17, 15) is 0 Å². The summed E-state index contributed by atoms with van der Waals surface area (Å²) in [6, 6.07) is 0. The van der Waals surface area contributed by atoms with E-state index in [0.29, 0.717) is 12.5 Å². The molecule has 0 aromatic carbocycles. The van der Waals surface area contributed by atoms with Crippen molar-refractivity contribution in [2.45, 2.75) is 12.8 Å². The lowest BCUT2D eigenvalue weighted by molar-refractivity contribution is 1.09. The zero-order valence-electron chi connectivity index (χ0n) is 4.28. The summed E-state index contributed by atoms with van der Waals surface area (Å²) in [6.45, 7) is 0.463. The fourth-order valence-corrected chi connectivity index (χ4v) is 0.598. The zero-order valence-corrected chi connectivity index (χ0v) is 4.28. The van der Waals surface area contributed by atoms with Crippen molar-refractivity contribution in [3.8, 4) is 0 Å². The minimum atomic E-state index is 0.463. The molecule has 2 heteroatoms. The molecule has 1 aliphatic carbocycles. The van der Waals surface area contributed by atoms with Crippen molar-refractivity contribution in [2.24, 2.45) is 11.7 Å². The first kappa shape index (κ1) is 4.78. The molecule has 0 aromatic rings. The minimum absolute atomic E-state index is 0.463. The topological polar surface area (TPSA) is 49.9 Å². The molecule has 1 saturated carbocycles. The molecule has 0 radical (unpaired) electrons. The van der Waals surface area contributed by atoms with Crippen LogP contribution in [0.5, 0.6) is 0 Å². The molecule has 0 unspecified atom stereocenters. The van der Waals surface area contributed by atoms with Crippen molar-refractivity contribution in [2.75, 3.05) is 6.54 Å². The van der Waals surface area contributed by atoms with Crippen LogP contribution in [0.4, 0.5) is 0 Å². The van der Waals surface area contributed by atoms with Crippen LogP contribution in [0, 0.1) is 11.3 Å². The SMILES string of the molecule is N=C(CN)C1CC1. The van der Waals surface area contributed by atoms with Gasteiger partial charge >= 0.3 is 0 Å². The number of nitrogens with two attached hydrogens (primary N) is 1. The van der Waals surface area contributed by atoms with E-state index in [4.69, 9.17) is 11.1 Å². The summed E-state index contributed by atoms with van der Waals surface area (Å²) >= 11 is 0. The molecule has 0 aliphatic heterocycles. The summed E-state index contributed by atoms with van der Waals surface area (Å²) in [6.07, 6.45) is 2.41. The van der Waals surface area contributed by atoms with Crippen molar-refractivity contribution >= 4 is 5.71 Å². The van der Waals surface area contributed by atoms with E-state index < -0.39 is 0 Å². The Morgan fingerprint density at radius 3 is 2.43 bits per heavy atom. The second kappa shape index (κ2) is 1.62. The molecule has 0 heterocycles. The predicted molar refractivity (Wildman–Crippen MR) is 29.5 cm³/mol. The highest BCUT2D eigenvalue weighted by molar-refractivity contribution is 5.87. The van der Waals surface area contributed by atoms with Gasteiger partial charge in [0.05, 0.1) is 0 Å². The second-order valence-corrected chi connectivity index (χ2v) is 2.00. The average Bonchev–Trinajstić information content (AvgIpc) is 2.44. The first-order valence-electron chi connectivity index (χ1n) is 2.62. The van der Waals surface area contributed by atoms with Gasteiger partial charge in [-0.05, 0) is 18.8 Å². The first-order valence-corrected chi connectivity index (χ1v) is 2.62. The molecule has 40 valence electrons. The highest BCUT2D eigenvalue weighted by Crippen LogP contribution is 2.29. The summed E-state index contributed by atoms with van der Waals surface area (Å²) in [7, 11) is 0. The lowest BCUT2D eigenvalue weighted by Crippen LogP contribution is -2.13. The zero-order chi connectivity index (χ0) is 5.28. The third-order valence-electron chi connectivity index (χ3n) is 1.29. The fourth-order valence-electron chi connectivity index (χ4n) is 0.598. The molecule has 2 nitrogen and oxygen atoms in total. The van der Waals surface area contributed by atoms with Crippen LogP contribution < -0.4 is 5.73 Å². The van der Waals surface area contributed by atoms with Gasteiger partial charge in [-0.25, -0.2) is 0 Å². The van der Waals surface area contributed by atoms with Crippen molar-refractivity contribution < 1.29 is 0 Å². The molecule has 0 spiro atoms. The van der Waals surface area contributed by atoms with Gasteiger partial charge in [0.1, 0.15) is 0 Å². The van der Waals surface area contributed by atoms with Crippen molar-refractivity contribution in [3.63, 3.8) is 0 Å². The van der Waals surface area contributed by atoms with Crippen LogP contribution in [0.1, 0.15) is 12.8 Å². The van der Waals surface area contributed by atoms with Crippen LogP contribution >= 0.6 is 0 Å². The second-order valence-electron chi connectivity index (χ2n) is 2.00. The van der Waals surface area contributed by atoms with Gasteiger partial charge in [0.2, 0.25) is 0 Å². The smallest absolute Gasteiger partial charge is 0.0310 e. The molecule has 1 rings (SSSR count). The number of rotatable bonds is 2. The van der Waals surface area contributed by atoms with Crippen LogP contribution in [0.15, 0.2) is 0 Å². The Labute approximate surface area is 43.2 Å². The Morgan fingerprint density at radius 2 is 2.29 bits per heavy atom. The number of nitrogens with one attached hydrogen (secondary N) is 1. The van der Waals surface area contributed by atoms with E-state index in [1.54, 1.807) is 0 Å². The highest BCUT2D eigenvalue weighted by Gasteiger charge is 2.24. The summed E-state index contributed by atoms with van der Waals surface area (Å²) in [4.78, 5) is 0.